The second kappa shape index (κ2) is 12.6. The quantitative estimate of drug-likeness (QED) is 0.230. The predicted molar refractivity (Wildman–Crippen MR) is 120 cm³/mol. The Bertz CT molecular complexity index is 849. The number of hydrogen-bond donors (Lipinski definition) is 2. The Morgan fingerprint density at radius 1 is 1.04 bits per heavy atom. The number of halogens is 2. The topological polar surface area (TPSA) is 79.8 Å². The van der Waals surface area contributed by atoms with Gasteiger partial charge in [-0.05, 0) is 30.7 Å². The number of guanidine groups is 1. The van der Waals surface area contributed by atoms with Gasteiger partial charge in [0.15, 0.2) is 15.8 Å². The zero-order valence-electron chi connectivity index (χ0n) is 15.6. The maximum Gasteiger partial charge on any atom is 0.191 e. The van der Waals surface area contributed by atoms with Crippen molar-refractivity contribution in [1.82, 2.24) is 10.6 Å². The summed E-state index contributed by atoms with van der Waals surface area (Å²) in [4.78, 5) is 3.75. The number of aliphatic imine (C=N–C) groups is 1. The first-order valence-corrected chi connectivity index (χ1v) is 10.3. The molecule has 0 aliphatic heterocycles. The highest BCUT2D eigenvalue weighted by Crippen LogP contribution is 2.14. The van der Waals surface area contributed by atoms with E-state index in [-0.39, 0.29) is 41.2 Å². The third kappa shape index (κ3) is 8.01. The predicted octanol–water partition coefficient (Wildman–Crippen LogP) is 2.85. The molecule has 0 unspecified atom stereocenters. The fraction of sp³-hybridized carbons (Fsp3) is 0.316. The smallest absolute Gasteiger partial charge is 0.191 e. The maximum atomic E-state index is 13.7. The molecule has 2 aromatic rings. The van der Waals surface area contributed by atoms with Crippen LogP contribution in [0, 0.1) is 5.82 Å². The van der Waals surface area contributed by atoms with Crippen molar-refractivity contribution < 1.29 is 17.5 Å². The van der Waals surface area contributed by atoms with Gasteiger partial charge < -0.3 is 15.4 Å². The Morgan fingerprint density at radius 2 is 1.68 bits per heavy atom. The number of nitrogens with one attached hydrogen (secondary N) is 2. The van der Waals surface area contributed by atoms with Crippen molar-refractivity contribution >= 4 is 39.8 Å². The van der Waals surface area contributed by atoms with E-state index in [2.05, 4.69) is 15.6 Å². The summed E-state index contributed by atoms with van der Waals surface area (Å²) in [5, 5.41) is 6.00. The molecule has 0 aromatic heterocycles. The Labute approximate surface area is 182 Å². The van der Waals surface area contributed by atoms with E-state index >= 15 is 0 Å². The van der Waals surface area contributed by atoms with Crippen LogP contribution in [0.15, 0.2) is 64.5 Å². The molecule has 0 saturated carbocycles. The minimum absolute atomic E-state index is 0. The van der Waals surface area contributed by atoms with Crippen molar-refractivity contribution in [3.05, 3.63) is 60.4 Å². The molecule has 0 heterocycles. The average Bonchev–Trinajstić information content (AvgIpc) is 2.67. The van der Waals surface area contributed by atoms with Gasteiger partial charge in [0.2, 0.25) is 0 Å². The van der Waals surface area contributed by atoms with E-state index in [1.165, 1.54) is 18.2 Å². The van der Waals surface area contributed by atoms with E-state index in [0.717, 1.165) is 18.2 Å². The van der Waals surface area contributed by atoms with E-state index in [0.29, 0.717) is 19.1 Å². The van der Waals surface area contributed by atoms with Crippen LogP contribution in [0.3, 0.4) is 0 Å². The standard InChI is InChI=1S/C19H24FN3O3S.HI/c1-21-19(22-12-7-14-26-16-8-3-2-4-9-16)23-13-15-27(24,25)18-11-6-5-10-17(18)20;/h2-6,8-11H,7,12-15H2,1H3,(H2,21,22,23);1H. The van der Waals surface area contributed by atoms with Crippen molar-refractivity contribution in [3.63, 3.8) is 0 Å². The molecule has 0 spiro atoms. The van der Waals surface area contributed by atoms with Crippen molar-refractivity contribution in [2.75, 3.05) is 32.5 Å². The molecule has 2 rings (SSSR count). The van der Waals surface area contributed by atoms with Gasteiger partial charge in [0.25, 0.3) is 0 Å². The number of rotatable bonds is 9. The highest BCUT2D eigenvalue weighted by molar-refractivity contribution is 14.0. The summed E-state index contributed by atoms with van der Waals surface area (Å²) in [6.45, 7) is 1.29. The lowest BCUT2D eigenvalue weighted by Crippen LogP contribution is -2.40. The van der Waals surface area contributed by atoms with Crippen LogP contribution in [-0.2, 0) is 9.84 Å². The summed E-state index contributed by atoms with van der Waals surface area (Å²) in [6.07, 6.45) is 0.753. The third-order valence-electron chi connectivity index (χ3n) is 3.68. The van der Waals surface area contributed by atoms with Gasteiger partial charge >= 0.3 is 0 Å². The molecule has 0 amide bonds. The molecule has 154 valence electrons. The van der Waals surface area contributed by atoms with Crippen LogP contribution in [0.1, 0.15) is 6.42 Å². The van der Waals surface area contributed by atoms with Gasteiger partial charge in [-0.25, -0.2) is 12.8 Å². The summed E-state index contributed by atoms with van der Waals surface area (Å²) in [5.74, 6) is 0.335. The summed E-state index contributed by atoms with van der Waals surface area (Å²) < 4.78 is 43.6. The van der Waals surface area contributed by atoms with Gasteiger partial charge in [0.05, 0.1) is 12.4 Å². The monoisotopic (exact) mass is 521 g/mol. The number of para-hydroxylation sites is 1. The van der Waals surface area contributed by atoms with Gasteiger partial charge in [0.1, 0.15) is 16.5 Å². The van der Waals surface area contributed by atoms with Crippen LogP contribution in [0.25, 0.3) is 0 Å². The largest absolute Gasteiger partial charge is 0.494 e. The van der Waals surface area contributed by atoms with Gasteiger partial charge in [-0.3, -0.25) is 4.99 Å². The third-order valence-corrected chi connectivity index (χ3v) is 5.43. The zero-order chi connectivity index (χ0) is 19.5. The van der Waals surface area contributed by atoms with E-state index in [1.54, 1.807) is 7.05 Å². The van der Waals surface area contributed by atoms with Gasteiger partial charge in [-0.1, -0.05) is 30.3 Å². The van der Waals surface area contributed by atoms with Crippen LogP contribution in [0.2, 0.25) is 0 Å². The zero-order valence-corrected chi connectivity index (χ0v) is 18.7. The second-order valence-corrected chi connectivity index (χ2v) is 7.77. The van der Waals surface area contributed by atoms with Crippen molar-refractivity contribution in [1.29, 1.82) is 0 Å². The molecule has 0 fully saturated rings. The molecule has 0 aliphatic carbocycles. The number of benzene rings is 2. The Kier molecular flexibility index (Phi) is 10.8. The molecular formula is C19H25FIN3O3S. The maximum absolute atomic E-state index is 13.7. The van der Waals surface area contributed by atoms with Crippen LogP contribution < -0.4 is 15.4 Å². The van der Waals surface area contributed by atoms with Crippen LogP contribution in [0.4, 0.5) is 4.39 Å². The fourth-order valence-corrected chi connectivity index (χ4v) is 3.56. The van der Waals surface area contributed by atoms with Gasteiger partial charge in [0, 0.05) is 20.1 Å². The molecule has 2 aromatic carbocycles. The molecule has 0 atom stereocenters. The lowest BCUT2D eigenvalue weighted by molar-refractivity contribution is 0.311. The fourth-order valence-electron chi connectivity index (χ4n) is 2.32. The van der Waals surface area contributed by atoms with Crippen LogP contribution in [0.5, 0.6) is 5.75 Å². The first kappa shape index (κ1) is 24.2. The molecule has 6 nitrogen and oxygen atoms in total. The van der Waals surface area contributed by atoms with E-state index in [9.17, 15) is 12.8 Å². The average molecular weight is 521 g/mol. The summed E-state index contributed by atoms with van der Waals surface area (Å²) >= 11 is 0. The lowest BCUT2D eigenvalue weighted by Gasteiger charge is -2.12. The molecule has 2 N–H and O–H groups in total. The SMILES string of the molecule is CN=C(NCCCOc1ccccc1)NCCS(=O)(=O)c1ccccc1F.I. The highest BCUT2D eigenvalue weighted by Gasteiger charge is 2.18. The lowest BCUT2D eigenvalue weighted by atomic mass is 10.3. The van der Waals surface area contributed by atoms with Gasteiger partial charge in [-0.2, -0.15) is 0 Å². The molecule has 28 heavy (non-hydrogen) atoms. The van der Waals surface area contributed by atoms with E-state index in [4.69, 9.17) is 4.74 Å². The van der Waals surface area contributed by atoms with Crippen molar-refractivity contribution in [2.24, 2.45) is 4.99 Å². The summed E-state index contributed by atoms with van der Waals surface area (Å²) in [7, 11) is -2.10. The number of ether oxygens (including phenoxy) is 1. The van der Waals surface area contributed by atoms with Crippen LogP contribution in [-0.4, -0.2) is 46.9 Å². The first-order valence-electron chi connectivity index (χ1n) is 8.62. The number of nitrogens with zero attached hydrogens (tertiary/aromatic N) is 1. The van der Waals surface area contributed by atoms with Crippen molar-refractivity contribution in [3.8, 4) is 5.75 Å². The molecular weight excluding hydrogens is 496 g/mol. The van der Waals surface area contributed by atoms with Crippen LogP contribution >= 0.6 is 24.0 Å². The molecule has 0 bridgehead atoms. The van der Waals surface area contributed by atoms with Gasteiger partial charge in [-0.15, -0.1) is 24.0 Å². The summed E-state index contributed by atoms with van der Waals surface area (Å²) in [6, 6.07) is 14.9. The Balaban J connectivity index is 0.00000392. The number of hydrogen-bond acceptors (Lipinski definition) is 4. The van der Waals surface area contributed by atoms with E-state index in [1.807, 2.05) is 30.3 Å². The Morgan fingerprint density at radius 3 is 2.36 bits per heavy atom. The molecule has 0 saturated heterocycles. The minimum Gasteiger partial charge on any atom is -0.494 e. The second-order valence-electron chi connectivity index (χ2n) is 5.69. The molecule has 0 aliphatic rings. The van der Waals surface area contributed by atoms with E-state index < -0.39 is 15.7 Å². The highest BCUT2D eigenvalue weighted by atomic mass is 127. The molecule has 0 radical (unpaired) electrons. The first-order chi connectivity index (χ1) is 13.0. The molecule has 9 heteroatoms. The minimum atomic E-state index is -3.69. The summed E-state index contributed by atoms with van der Waals surface area (Å²) in [5.41, 5.74) is 0. The van der Waals surface area contributed by atoms with Crippen molar-refractivity contribution in [2.45, 2.75) is 11.3 Å². The Hall–Kier alpha value is -1.88. The normalized spacial score (nSPS) is 11.4. The number of sulfone groups is 1.